The van der Waals surface area contributed by atoms with Crippen molar-refractivity contribution in [3.63, 3.8) is 0 Å². The Morgan fingerprint density at radius 1 is 1.30 bits per heavy atom. The Morgan fingerprint density at radius 3 is 2.40 bits per heavy atom. The van der Waals surface area contributed by atoms with E-state index in [-0.39, 0.29) is 5.69 Å². The maximum absolute atomic E-state index is 10.9. The van der Waals surface area contributed by atoms with Crippen LogP contribution in [0.2, 0.25) is 0 Å². The number of aromatic amines is 1. The lowest BCUT2D eigenvalue weighted by Crippen LogP contribution is -2.33. The van der Waals surface area contributed by atoms with Gasteiger partial charge in [-0.1, -0.05) is 30.3 Å². The van der Waals surface area contributed by atoms with Gasteiger partial charge in [-0.3, -0.25) is 9.78 Å². The molecule has 0 fully saturated rings. The number of carboxylic acid groups (broad SMARTS) is 1. The second kappa shape index (κ2) is 7.77. The van der Waals surface area contributed by atoms with Gasteiger partial charge in [0.25, 0.3) is 0 Å². The maximum Gasteiger partial charge on any atom is 0.348 e. The number of hydrogen-bond acceptors (Lipinski definition) is 6. The van der Waals surface area contributed by atoms with Crippen molar-refractivity contribution in [3.05, 3.63) is 47.1 Å². The van der Waals surface area contributed by atoms with Crippen LogP contribution < -0.4 is 11.4 Å². The first-order valence-electron chi connectivity index (χ1n) is 5.60. The van der Waals surface area contributed by atoms with E-state index in [1.165, 1.54) is 6.33 Å². The number of carbonyl (C=O) groups is 1. The Labute approximate surface area is 113 Å². The number of aliphatic hydroxyl groups excluding tert-OH is 1. The fraction of sp³-hybridized carbons (Fsp3) is 0.167. The fourth-order valence-electron chi connectivity index (χ4n) is 1.13. The Hall–Kier alpha value is -2.58. The van der Waals surface area contributed by atoms with E-state index >= 15 is 0 Å². The summed E-state index contributed by atoms with van der Waals surface area (Å²) in [5.74, 6) is -0.636. The summed E-state index contributed by atoms with van der Waals surface area (Å²) < 4.78 is 0. The molecule has 1 heterocycles. The van der Waals surface area contributed by atoms with Crippen LogP contribution in [-0.4, -0.2) is 43.8 Å². The topological polar surface area (TPSA) is 142 Å². The van der Waals surface area contributed by atoms with E-state index in [0.29, 0.717) is 5.82 Å². The molecular formula is C12H14N4O4. The number of hydrogen-bond donors (Lipinski definition) is 4. The zero-order chi connectivity index (χ0) is 15.0. The minimum atomic E-state index is -1.18. The van der Waals surface area contributed by atoms with Gasteiger partial charge in [0.2, 0.25) is 0 Å². The largest absolute Gasteiger partial charge is 0.480 e. The molecule has 1 aromatic heterocycles. The van der Waals surface area contributed by atoms with Crippen LogP contribution in [0, 0.1) is 0 Å². The zero-order valence-electron chi connectivity index (χ0n) is 10.4. The zero-order valence-corrected chi connectivity index (χ0v) is 10.4. The molecule has 1 atom stereocenters. The maximum atomic E-state index is 10.9. The number of benzene rings is 1. The predicted octanol–water partition coefficient (Wildman–Crippen LogP) is -0.777. The molecule has 8 heteroatoms. The van der Waals surface area contributed by atoms with Crippen molar-refractivity contribution in [2.24, 2.45) is 5.73 Å². The Kier molecular flexibility index (Phi) is 6.01. The number of nitrogens with two attached hydrogens (primary N) is 1. The van der Waals surface area contributed by atoms with Gasteiger partial charge in [-0.15, -0.1) is 0 Å². The van der Waals surface area contributed by atoms with Crippen molar-refractivity contribution in [3.8, 4) is 11.4 Å². The van der Waals surface area contributed by atoms with Gasteiger partial charge in [0.1, 0.15) is 18.2 Å². The summed E-state index contributed by atoms with van der Waals surface area (Å²) in [5, 5.41) is 15.9. The molecule has 2 aromatic rings. The molecule has 0 saturated heterocycles. The molecule has 5 N–H and O–H groups in total. The van der Waals surface area contributed by atoms with Gasteiger partial charge in [0.15, 0.2) is 0 Å². The molecule has 0 aliphatic heterocycles. The minimum absolute atomic E-state index is 0.381. The van der Waals surface area contributed by atoms with Crippen LogP contribution in [0.3, 0.4) is 0 Å². The lowest BCUT2D eigenvalue weighted by atomic mass is 10.2. The highest BCUT2D eigenvalue weighted by atomic mass is 16.4. The van der Waals surface area contributed by atoms with Gasteiger partial charge in [0.05, 0.1) is 6.61 Å². The van der Waals surface area contributed by atoms with E-state index in [4.69, 9.17) is 15.9 Å². The van der Waals surface area contributed by atoms with E-state index in [1.807, 2.05) is 30.3 Å². The highest BCUT2D eigenvalue weighted by Crippen LogP contribution is 2.10. The molecule has 2 rings (SSSR count). The van der Waals surface area contributed by atoms with Crippen molar-refractivity contribution in [2.75, 3.05) is 6.61 Å². The van der Waals surface area contributed by atoms with Gasteiger partial charge in [-0.2, -0.15) is 4.98 Å². The highest BCUT2D eigenvalue weighted by molar-refractivity contribution is 5.73. The lowest BCUT2D eigenvalue weighted by molar-refractivity contribution is -0.139. The van der Waals surface area contributed by atoms with Gasteiger partial charge < -0.3 is 15.9 Å². The second-order valence-corrected chi connectivity index (χ2v) is 3.65. The molecule has 0 amide bonds. The number of aromatic nitrogens is 3. The van der Waals surface area contributed by atoms with E-state index in [1.54, 1.807) is 0 Å². The quantitative estimate of drug-likeness (QED) is 0.577. The van der Waals surface area contributed by atoms with Crippen molar-refractivity contribution >= 4 is 5.97 Å². The van der Waals surface area contributed by atoms with Crippen LogP contribution >= 0.6 is 0 Å². The van der Waals surface area contributed by atoms with Gasteiger partial charge in [-0.05, 0) is 0 Å². The molecule has 1 aromatic carbocycles. The SMILES string of the molecule is N[C@@H](CO)C(=O)O.O=c1ncnc(-c2ccccc2)[nH]1. The molecule has 0 bridgehead atoms. The van der Waals surface area contributed by atoms with Crippen LogP contribution in [-0.2, 0) is 4.79 Å². The van der Waals surface area contributed by atoms with Gasteiger partial charge in [0, 0.05) is 5.56 Å². The second-order valence-electron chi connectivity index (χ2n) is 3.65. The van der Waals surface area contributed by atoms with E-state index in [2.05, 4.69) is 15.0 Å². The number of nitrogens with one attached hydrogen (secondary N) is 1. The highest BCUT2D eigenvalue weighted by Gasteiger charge is 2.07. The fourth-order valence-corrected chi connectivity index (χ4v) is 1.13. The van der Waals surface area contributed by atoms with Gasteiger partial charge in [-0.25, -0.2) is 9.78 Å². The summed E-state index contributed by atoms with van der Waals surface area (Å²) in [4.78, 5) is 30.4. The normalized spacial score (nSPS) is 11.1. The smallest absolute Gasteiger partial charge is 0.348 e. The third kappa shape index (κ3) is 4.96. The molecule has 0 radical (unpaired) electrons. The molecule has 0 saturated carbocycles. The number of aliphatic hydroxyl groups is 1. The molecule has 106 valence electrons. The van der Waals surface area contributed by atoms with Crippen LogP contribution in [0.5, 0.6) is 0 Å². The summed E-state index contributed by atoms with van der Waals surface area (Å²) in [6, 6.07) is 8.30. The van der Waals surface area contributed by atoms with E-state index in [0.717, 1.165) is 5.56 Å². The van der Waals surface area contributed by atoms with Gasteiger partial charge >= 0.3 is 11.7 Å². The number of rotatable bonds is 3. The van der Waals surface area contributed by atoms with Crippen LogP contribution in [0.15, 0.2) is 41.5 Å². The Morgan fingerprint density at radius 2 is 1.95 bits per heavy atom. The average molecular weight is 278 g/mol. The van der Waals surface area contributed by atoms with Crippen LogP contribution in [0.25, 0.3) is 11.4 Å². The van der Waals surface area contributed by atoms with Crippen LogP contribution in [0.4, 0.5) is 0 Å². The Balaban J connectivity index is 0.000000246. The van der Waals surface area contributed by atoms with Crippen molar-refractivity contribution in [1.29, 1.82) is 0 Å². The number of aliphatic carboxylic acids is 1. The first kappa shape index (κ1) is 15.5. The monoisotopic (exact) mass is 278 g/mol. The molecule has 8 nitrogen and oxygen atoms in total. The first-order chi connectivity index (χ1) is 9.54. The summed E-state index contributed by atoms with van der Waals surface area (Å²) >= 11 is 0. The Bertz CT molecular complexity index is 600. The summed E-state index contributed by atoms with van der Waals surface area (Å²) in [7, 11) is 0. The lowest BCUT2D eigenvalue weighted by Gasteiger charge is -1.96. The van der Waals surface area contributed by atoms with Crippen molar-refractivity contribution in [1.82, 2.24) is 15.0 Å². The summed E-state index contributed by atoms with van der Waals surface area (Å²) in [6.07, 6.45) is 1.25. The standard InChI is InChI=1S/C9H7N3O.C3H7NO3/c13-9-11-6-10-8(12-9)7-4-2-1-3-5-7;4-2(1-5)3(6)7/h1-6H,(H,10,11,12,13);2,5H,1,4H2,(H,6,7)/t;2-/m.0/s1. The molecule has 0 aliphatic rings. The van der Waals surface area contributed by atoms with Crippen LogP contribution in [0.1, 0.15) is 0 Å². The third-order valence-corrected chi connectivity index (χ3v) is 2.15. The van der Waals surface area contributed by atoms with E-state index in [9.17, 15) is 9.59 Å². The molecule has 0 unspecified atom stereocenters. The van der Waals surface area contributed by atoms with Crippen molar-refractivity contribution in [2.45, 2.75) is 6.04 Å². The third-order valence-electron chi connectivity index (χ3n) is 2.15. The number of carboxylic acids is 1. The van der Waals surface area contributed by atoms with E-state index < -0.39 is 18.6 Å². The predicted molar refractivity (Wildman–Crippen MR) is 70.8 cm³/mol. The molecule has 20 heavy (non-hydrogen) atoms. The summed E-state index contributed by atoms with van der Waals surface area (Å²) in [6.45, 7) is -0.505. The molecule has 0 spiro atoms. The number of H-pyrrole nitrogens is 1. The summed E-state index contributed by atoms with van der Waals surface area (Å²) in [5.41, 5.74) is 5.26. The van der Waals surface area contributed by atoms with Crippen molar-refractivity contribution < 1.29 is 15.0 Å². The molecular weight excluding hydrogens is 264 g/mol. The average Bonchev–Trinajstić information content (AvgIpc) is 2.48. The minimum Gasteiger partial charge on any atom is -0.480 e. The molecule has 0 aliphatic carbocycles. The first-order valence-corrected chi connectivity index (χ1v) is 5.60. The number of nitrogens with zero attached hydrogens (tertiary/aromatic N) is 2.